The van der Waals surface area contributed by atoms with Crippen molar-refractivity contribution in [2.75, 3.05) is 11.9 Å². The normalized spacial score (nSPS) is 17.4. The number of hydrogen-bond donors (Lipinski definition) is 2. The lowest BCUT2D eigenvalue weighted by atomic mass is 9.96. The van der Waals surface area contributed by atoms with E-state index in [0.717, 1.165) is 11.3 Å². The number of halogens is 1. The van der Waals surface area contributed by atoms with Crippen LogP contribution in [0.3, 0.4) is 0 Å². The Morgan fingerprint density at radius 1 is 1.53 bits per heavy atom. The maximum atomic E-state index is 12.1. The summed E-state index contributed by atoms with van der Waals surface area (Å²) in [6, 6.07) is 5.46. The van der Waals surface area contributed by atoms with Gasteiger partial charge in [0.1, 0.15) is 12.4 Å². The monoisotopic (exact) mass is 277 g/mol. The molecular formula is C13H12ClN3O2. The molecule has 0 spiro atoms. The summed E-state index contributed by atoms with van der Waals surface area (Å²) in [5, 5.41) is 9.87. The molecule has 2 heterocycles. The summed E-state index contributed by atoms with van der Waals surface area (Å²) in [4.78, 5) is 12.1. The molecule has 19 heavy (non-hydrogen) atoms. The first-order valence-corrected chi connectivity index (χ1v) is 6.31. The molecular weight excluding hydrogens is 266 g/mol. The van der Waals surface area contributed by atoms with E-state index >= 15 is 0 Å². The number of nitrogens with one attached hydrogen (secondary N) is 2. The van der Waals surface area contributed by atoms with Crippen LogP contribution in [0.5, 0.6) is 5.75 Å². The predicted octanol–water partition coefficient (Wildman–Crippen LogP) is 2.25. The van der Waals surface area contributed by atoms with Crippen LogP contribution in [0, 0.1) is 5.92 Å². The Balaban J connectivity index is 1.72. The van der Waals surface area contributed by atoms with Crippen molar-refractivity contribution in [2.45, 2.75) is 6.42 Å². The van der Waals surface area contributed by atoms with Crippen molar-refractivity contribution in [1.29, 1.82) is 0 Å². The number of aromatic amines is 1. The molecule has 1 aliphatic heterocycles. The van der Waals surface area contributed by atoms with Gasteiger partial charge in [0.25, 0.3) is 0 Å². The SMILES string of the molecule is O=C(Nc1cn[nH]c1)[C@H]1COc2ccc(Cl)cc2C1. The molecule has 1 aliphatic rings. The van der Waals surface area contributed by atoms with Crippen LogP contribution in [0.15, 0.2) is 30.6 Å². The van der Waals surface area contributed by atoms with E-state index in [0.29, 0.717) is 23.7 Å². The maximum Gasteiger partial charge on any atom is 0.231 e. The Hall–Kier alpha value is -2.01. The van der Waals surface area contributed by atoms with E-state index in [2.05, 4.69) is 15.5 Å². The summed E-state index contributed by atoms with van der Waals surface area (Å²) in [6.07, 6.45) is 3.82. The zero-order valence-corrected chi connectivity index (χ0v) is 10.8. The van der Waals surface area contributed by atoms with Gasteiger partial charge in [0, 0.05) is 11.2 Å². The maximum absolute atomic E-state index is 12.1. The van der Waals surface area contributed by atoms with Crippen molar-refractivity contribution in [3.05, 3.63) is 41.2 Å². The summed E-state index contributed by atoms with van der Waals surface area (Å²) in [5.74, 6) is 0.504. The number of aromatic nitrogens is 2. The van der Waals surface area contributed by atoms with Crippen LogP contribution < -0.4 is 10.1 Å². The van der Waals surface area contributed by atoms with Gasteiger partial charge in [0.05, 0.1) is 17.8 Å². The highest BCUT2D eigenvalue weighted by Crippen LogP contribution is 2.30. The second kappa shape index (κ2) is 4.93. The van der Waals surface area contributed by atoms with Gasteiger partial charge in [-0.3, -0.25) is 9.89 Å². The highest BCUT2D eigenvalue weighted by molar-refractivity contribution is 6.30. The third kappa shape index (κ3) is 2.56. The molecule has 3 rings (SSSR count). The molecule has 0 bridgehead atoms. The number of ether oxygens (including phenoxy) is 1. The molecule has 5 nitrogen and oxygen atoms in total. The van der Waals surface area contributed by atoms with Crippen molar-refractivity contribution >= 4 is 23.2 Å². The standard InChI is InChI=1S/C13H12ClN3O2/c14-10-1-2-12-8(4-10)3-9(7-19-12)13(18)17-11-5-15-16-6-11/h1-2,4-6,9H,3,7H2,(H,15,16)(H,17,18)/t9-/m1/s1. The molecule has 1 atom stereocenters. The molecule has 1 aromatic heterocycles. The van der Waals surface area contributed by atoms with Crippen molar-refractivity contribution in [3.63, 3.8) is 0 Å². The van der Waals surface area contributed by atoms with Gasteiger partial charge in [0.15, 0.2) is 0 Å². The van der Waals surface area contributed by atoms with Crippen molar-refractivity contribution in [3.8, 4) is 5.75 Å². The molecule has 6 heteroatoms. The molecule has 0 saturated heterocycles. The number of benzene rings is 1. The molecule has 1 amide bonds. The van der Waals surface area contributed by atoms with Crippen LogP contribution in [0.2, 0.25) is 5.02 Å². The number of nitrogens with zero attached hydrogens (tertiary/aromatic N) is 1. The number of carbonyl (C=O) groups excluding carboxylic acids is 1. The molecule has 0 saturated carbocycles. The summed E-state index contributed by atoms with van der Waals surface area (Å²) in [7, 11) is 0. The summed E-state index contributed by atoms with van der Waals surface area (Å²) in [5.41, 5.74) is 1.62. The Labute approximate surface area is 114 Å². The van der Waals surface area contributed by atoms with E-state index in [9.17, 15) is 4.79 Å². The number of fused-ring (bicyclic) bond motifs is 1. The van der Waals surface area contributed by atoms with Gasteiger partial charge >= 0.3 is 0 Å². The van der Waals surface area contributed by atoms with E-state index in [4.69, 9.17) is 16.3 Å². The van der Waals surface area contributed by atoms with E-state index < -0.39 is 0 Å². The molecule has 0 radical (unpaired) electrons. The van der Waals surface area contributed by atoms with E-state index in [1.807, 2.05) is 12.1 Å². The van der Waals surface area contributed by atoms with Crippen LogP contribution in [0.25, 0.3) is 0 Å². The van der Waals surface area contributed by atoms with Gasteiger partial charge in [-0.25, -0.2) is 0 Å². The van der Waals surface area contributed by atoms with Gasteiger partial charge in [-0.1, -0.05) is 11.6 Å². The van der Waals surface area contributed by atoms with E-state index in [-0.39, 0.29) is 11.8 Å². The average Bonchev–Trinajstić information content (AvgIpc) is 2.90. The molecule has 1 aromatic carbocycles. The molecule has 0 aliphatic carbocycles. The summed E-state index contributed by atoms with van der Waals surface area (Å²) < 4.78 is 5.59. The number of H-pyrrole nitrogens is 1. The van der Waals surface area contributed by atoms with Crippen LogP contribution in [0.1, 0.15) is 5.56 Å². The van der Waals surface area contributed by atoms with E-state index in [1.165, 1.54) is 0 Å². The smallest absolute Gasteiger partial charge is 0.231 e. The number of hydrogen-bond acceptors (Lipinski definition) is 3. The zero-order valence-electron chi connectivity index (χ0n) is 10.0. The molecule has 2 N–H and O–H groups in total. The van der Waals surface area contributed by atoms with Crippen molar-refractivity contribution in [1.82, 2.24) is 10.2 Å². The molecule has 0 fully saturated rings. The fourth-order valence-corrected chi connectivity index (χ4v) is 2.29. The summed E-state index contributed by atoms with van der Waals surface area (Å²) in [6.45, 7) is 0.373. The van der Waals surface area contributed by atoms with Crippen LogP contribution in [0.4, 0.5) is 5.69 Å². The van der Waals surface area contributed by atoms with Crippen LogP contribution in [-0.4, -0.2) is 22.7 Å². The second-order valence-corrected chi connectivity index (χ2v) is 4.88. The number of rotatable bonds is 2. The van der Waals surface area contributed by atoms with E-state index in [1.54, 1.807) is 18.5 Å². The predicted molar refractivity (Wildman–Crippen MR) is 71.4 cm³/mol. The first kappa shape index (κ1) is 12.0. The molecule has 2 aromatic rings. The Kier molecular flexibility index (Phi) is 3.13. The molecule has 0 unspecified atom stereocenters. The lowest BCUT2D eigenvalue weighted by Gasteiger charge is -2.24. The van der Waals surface area contributed by atoms with Crippen LogP contribution >= 0.6 is 11.6 Å². The number of amides is 1. The lowest BCUT2D eigenvalue weighted by molar-refractivity contribution is -0.121. The Morgan fingerprint density at radius 2 is 2.42 bits per heavy atom. The lowest BCUT2D eigenvalue weighted by Crippen LogP contribution is -2.32. The first-order chi connectivity index (χ1) is 9.22. The van der Waals surface area contributed by atoms with Gasteiger partial charge < -0.3 is 10.1 Å². The van der Waals surface area contributed by atoms with Gasteiger partial charge in [-0.15, -0.1) is 0 Å². The third-order valence-corrected chi connectivity index (χ3v) is 3.30. The topological polar surface area (TPSA) is 67.0 Å². The third-order valence-electron chi connectivity index (χ3n) is 3.07. The zero-order chi connectivity index (χ0) is 13.2. The highest BCUT2D eigenvalue weighted by atomic mass is 35.5. The second-order valence-electron chi connectivity index (χ2n) is 4.44. The number of anilines is 1. The van der Waals surface area contributed by atoms with Gasteiger partial charge in [0.2, 0.25) is 5.91 Å². The summed E-state index contributed by atoms with van der Waals surface area (Å²) >= 11 is 5.95. The van der Waals surface area contributed by atoms with Crippen LogP contribution in [-0.2, 0) is 11.2 Å². The van der Waals surface area contributed by atoms with Crippen molar-refractivity contribution < 1.29 is 9.53 Å². The van der Waals surface area contributed by atoms with Crippen molar-refractivity contribution in [2.24, 2.45) is 5.92 Å². The number of carbonyl (C=O) groups is 1. The fourth-order valence-electron chi connectivity index (χ4n) is 2.10. The quantitative estimate of drug-likeness (QED) is 0.885. The minimum Gasteiger partial charge on any atom is -0.492 e. The van der Waals surface area contributed by atoms with Gasteiger partial charge in [-0.2, -0.15) is 5.10 Å². The molecule has 98 valence electrons. The highest BCUT2D eigenvalue weighted by Gasteiger charge is 2.26. The van der Waals surface area contributed by atoms with Gasteiger partial charge in [-0.05, 0) is 30.2 Å². The minimum absolute atomic E-state index is 0.0768. The fraction of sp³-hybridized carbons (Fsp3) is 0.231. The Bertz CT molecular complexity index is 598. The minimum atomic E-state index is -0.221. The largest absolute Gasteiger partial charge is 0.492 e. The first-order valence-electron chi connectivity index (χ1n) is 5.93. The Morgan fingerprint density at radius 3 is 3.21 bits per heavy atom. The average molecular weight is 278 g/mol.